The highest BCUT2D eigenvalue weighted by molar-refractivity contribution is 7.92. The Morgan fingerprint density at radius 2 is 1.52 bits per heavy atom. The molecule has 0 spiro atoms. The number of carbonyl (C=O) groups excluding carboxylic acids is 2. The molecule has 0 aliphatic rings. The van der Waals surface area contributed by atoms with E-state index in [-0.39, 0.29) is 23.3 Å². The van der Waals surface area contributed by atoms with Gasteiger partial charge in [0.15, 0.2) is 0 Å². The Labute approximate surface area is 239 Å². The minimum absolute atomic E-state index is 0.0952. The number of anilines is 1. The lowest BCUT2D eigenvalue weighted by Crippen LogP contribution is -2.51. The topological polar surface area (TPSA) is 86.8 Å². The number of hydrogen-bond donors (Lipinski definition) is 1. The Morgan fingerprint density at radius 3 is 2.10 bits per heavy atom. The number of sulfonamides is 1. The van der Waals surface area contributed by atoms with Gasteiger partial charge in [0, 0.05) is 13.1 Å². The molecule has 8 heteroatoms. The Hall–Kier alpha value is -3.65. The summed E-state index contributed by atoms with van der Waals surface area (Å²) in [4.78, 5) is 28.5. The molecule has 1 unspecified atom stereocenters. The number of nitrogens with one attached hydrogen (secondary N) is 1. The van der Waals surface area contributed by atoms with Gasteiger partial charge in [-0.1, -0.05) is 80.4 Å². The summed E-state index contributed by atoms with van der Waals surface area (Å²) in [5.41, 5.74) is 4.26. The van der Waals surface area contributed by atoms with Crippen molar-refractivity contribution in [3.05, 3.63) is 95.1 Å². The number of nitrogens with zero attached hydrogens (tertiary/aromatic N) is 2. The summed E-state index contributed by atoms with van der Waals surface area (Å²) in [6.07, 6.45) is 0.763. The van der Waals surface area contributed by atoms with E-state index in [1.807, 2.05) is 57.2 Å². The molecule has 0 fully saturated rings. The van der Waals surface area contributed by atoms with Crippen LogP contribution >= 0.6 is 0 Å². The molecule has 40 heavy (non-hydrogen) atoms. The normalized spacial score (nSPS) is 12.2. The summed E-state index contributed by atoms with van der Waals surface area (Å²) in [5.74, 6) is -0.480. The van der Waals surface area contributed by atoms with E-state index in [4.69, 9.17) is 0 Å². The second-order valence-corrected chi connectivity index (χ2v) is 12.4. The van der Waals surface area contributed by atoms with E-state index in [0.29, 0.717) is 12.2 Å². The van der Waals surface area contributed by atoms with Gasteiger partial charge in [-0.3, -0.25) is 13.9 Å². The van der Waals surface area contributed by atoms with Crippen LogP contribution in [0.2, 0.25) is 0 Å². The van der Waals surface area contributed by atoms with Gasteiger partial charge in [-0.15, -0.1) is 0 Å². The first kappa shape index (κ1) is 30.9. The van der Waals surface area contributed by atoms with Crippen molar-refractivity contribution in [2.45, 2.75) is 71.4 Å². The Bertz CT molecular complexity index is 1400. The molecule has 1 N–H and O–H groups in total. The lowest BCUT2D eigenvalue weighted by atomic mass is 10.0. The fraction of sp³-hybridized carbons (Fsp3) is 0.375. The predicted molar refractivity (Wildman–Crippen MR) is 161 cm³/mol. The third-order valence-corrected chi connectivity index (χ3v) is 8.68. The first-order valence-electron chi connectivity index (χ1n) is 13.8. The minimum Gasteiger partial charge on any atom is -0.354 e. The fourth-order valence-corrected chi connectivity index (χ4v) is 5.79. The van der Waals surface area contributed by atoms with Gasteiger partial charge in [-0.05, 0) is 68.5 Å². The van der Waals surface area contributed by atoms with E-state index in [0.717, 1.165) is 33.0 Å². The van der Waals surface area contributed by atoms with Crippen LogP contribution in [0, 0.1) is 13.8 Å². The Balaban J connectivity index is 2.03. The van der Waals surface area contributed by atoms with E-state index in [9.17, 15) is 18.0 Å². The molecule has 7 nitrogen and oxygen atoms in total. The smallest absolute Gasteiger partial charge is 0.264 e. The molecule has 214 valence electrons. The average molecular weight is 564 g/mol. The number of carbonyl (C=O) groups is 2. The zero-order chi connectivity index (χ0) is 29.4. The van der Waals surface area contributed by atoms with Gasteiger partial charge in [0.05, 0.1) is 10.6 Å². The van der Waals surface area contributed by atoms with E-state index >= 15 is 0 Å². The van der Waals surface area contributed by atoms with Crippen molar-refractivity contribution < 1.29 is 18.0 Å². The van der Waals surface area contributed by atoms with Crippen LogP contribution < -0.4 is 9.62 Å². The average Bonchev–Trinajstić information content (AvgIpc) is 2.93. The van der Waals surface area contributed by atoms with Crippen molar-refractivity contribution in [3.63, 3.8) is 0 Å². The molecule has 3 aromatic rings. The van der Waals surface area contributed by atoms with Gasteiger partial charge in [0.2, 0.25) is 11.8 Å². The summed E-state index contributed by atoms with van der Waals surface area (Å²) in [7, 11) is -4.09. The zero-order valence-corrected chi connectivity index (χ0v) is 25.2. The molecule has 0 heterocycles. The lowest BCUT2D eigenvalue weighted by molar-refractivity contribution is -0.139. The molecule has 0 aliphatic carbocycles. The third-order valence-electron chi connectivity index (χ3n) is 6.89. The Kier molecular flexibility index (Phi) is 10.5. The molecule has 1 atom stereocenters. The highest BCUT2D eigenvalue weighted by Crippen LogP contribution is 2.27. The third kappa shape index (κ3) is 7.72. The maximum Gasteiger partial charge on any atom is 0.264 e. The summed E-state index contributed by atoms with van der Waals surface area (Å²) < 4.78 is 29.0. The zero-order valence-electron chi connectivity index (χ0n) is 24.3. The summed E-state index contributed by atoms with van der Waals surface area (Å²) >= 11 is 0. The molecular formula is C32H41N3O4S. The van der Waals surface area contributed by atoms with Crippen molar-refractivity contribution in [3.8, 4) is 0 Å². The first-order valence-corrected chi connectivity index (χ1v) is 15.2. The SMILES string of the molecule is CCCNC(=O)C(C)N(Cc1cccc(C)c1)C(=O)CN(c1ccc(C(C)C)cc1)S(=O)(=O)c1ccc(C)cc1. The monoisotopic (exact) mass is 563 g/mol. The quantitative estimate of drug-likeness (QED) is 0.312. The van der Waals surface area contributed by atoms with Crippen LogP contribution in [0.5, 0.6) is 0 Å². The molecule has 0 aromatic heterocycles. The van der Waals surface area contributed by atoms with Crippen LogP contribution in [0.15, 0.2) is 77.7 Å². The largest absolute Gasteiger partial charge is 0.354 e. The second-order valence-electron chi connectivity index (χ2n) is 10.5. The highest BCUT2D eigenvalue weighted by atomic mass is 32.2. The molecular weight excluding hydrogens is 522 g/mol. The second kappa shape index (κ2) is 13.6. The van der Waals surface area contributed by atoms with E-state index < -0.39 is 28.5 Å². The van der Waals surface area contributed by atoms with Crippen molar-refractivity contribution >= 4 is 27.5 Å². The van der Waals surface area contributed by atoms with E-state index in [1.165, 1.54) is 4.90 Å². The molecule has 0 aliphatic heterocycles. The Morgan fingerprint density at radius 1 is 0.875 bits per heavy atom. The van der Waals surface area contributed by atoms with Crippen molar-refractivity contribution in [2.75, 3.05) is 17.4 Å². The van der Waals surface area contributed by atoms with Gasteiger partial charge in [0.1, 0.15) is 12.6 Å². The van der Waals surface area contributed by atoms with Gasteiger partial charge < -0.3 is 10.2 Å². The number of aryl methyl sites for hydroxylation is 2. The first-order chi connectivity index (χ1) is 18.9. The van der Waals surface area contributed by atoms with Gasteiger partial charge >= 0.3 is 0 Å². The molecule has 3 aromatic carbocycles. The molecule has 0 saturated carbocycles. The van der Waals surface area contributed by atoms with Gasteiger partial charge in [-0.25, -0.2) is 8.42 Å². The van der Waals surface area contributed by atoms with Crippen LogP contribution in [-0.4, -0.2) is 44.3 Å². The van der Waals surface area contributed by atoms with Crippen molar-refractivity contribution in [1.29, 1.82) is 0 Å². The predicted octanol–water partition coefficient (Wildman–Crippen LogP) is 5.57. The number of benzene rings is 3. The lowest BCUT2D eigenvalue weighted by Gasteiger charge is -2.32. The molecule has 0 radical (unpaired) electrons. The van der Waals surface area contributed by atoms with Gasteiger partial charge in [-0.2, -0.15) is 0 Å². The van der Waals surface area contributed by atoms with Crippen LogP contribution in [0.4, 0.5) is 5.69 Å². The standard InChI is InChI=1S/C32H41N3O4S/c1-7-19-33-32(37)26(6)34(21-27-10-8-9-25(5)20-27)31(36)22-35(29-15-13-28(14-16-29)23(2)3)40(38,39)30-17-11-24(4)12-18-30/h8-18,20,23,26H,7,19,21-22H2,1-6H3,(H,33,37). The van der Waals surface area contributed by atoms with Crippen LogP contribution in [-0.2, 0) is 26.2 Å². The maximum absolute atomic E-state index is 14.0. The molecule has 0 saturated heterocycles. The number of rotatable bonds is 12. The fourth-order valence-electron chi connectivity index (χ4n) is 4.38. The molecule has 3 rings (SSSR count). The highest BCUT2D eigenvalue weighted by Gasteiger charge is 2.32. The van der Waals surface area contributed by atoms with E-state index in [2.05, 4.69) is 19.2 Å². The van der Waals surface area contributed by atoms with Crippen molar-refractivity contribution in [1.82, 2.24) is 10.2 Å². The van der Waals surface area contributed by atoms with Crippen LogP contribution in [0.25, 0.3) is 0 Å². The summed E-state index contributed by atoms with van der Waals surface area (Å²) in [6.45, 7) is 11.8. The molecule has 2 amide bonds. The summed E-state index contributed by atoms with van der Waals surface area (Å²) in [6, 6.07) is 20.7. The van der Waals surface area contributed by atoms with Crippen LogP contribution in [0.3, 0.4) is 0 Å². The maximum atomic E-state index is 14.0. The van der Waals surface area contributed by atoms with Gasteiger partial charge in [0.25, 0.3) is 10.0 Å². The number of hydrogen-bond acceptors (Lipinski definition) is 4. The van der Waals surface area contributed by atoms with Crippen LogP contribution in [0.1, 0.15) is 62.3 Å². The number of amides is 2. The minimum atomic E-state index is -4.09. The van der Waals surface area contributed by atoms with Crippen molar-refractivity contribution in [2.24, 2.45) is 0 Å². The van der Waals surface area contributed by atoms with E-state index in [1.54, 1.807) is 43.3 Å². The summed E-state index contributed by atoms with van der Waals surface area (Å²) in [5, 5.41) is 2.86. The molecule has 0 bridgehead atoms.